The minimum Gasteiger partial charge on any atom is -0.491 e. The standard InChI is InChI=1S/C30H33ClO5/c1-30(2)26-6-4-3-5-25(26)29(36-30)18-34-23-10-7-19(8-11-23)13-21-14-20(9-12-27(21)31)28-16-22(33)15-24(17-32)35-28/h3-12,14,22,24,28-29,32-33H,13,15-18H2,1-2H3/t22-,24-,28+,29+/m0/s1. The lowest BCUT2D eigenvalue weighted by Crippen LogP contribution is -2.33. The van der Waals surface area contributed by atoms with E-state index < -0.39 is 6.10 Å². The molecule has 5 nitrogen and oxygen atoms in total. The van der Waals surface area contributed by atoms with Gasteiger partial charge in [0.25, 0.3) is 0 Å². The van der Waals surface area contributed by atoms with Crippen LogP contribution >= 0.6 is 11.6 Å². The highest BCUT2D eigenvalue weighted by Gasteiger charge is 2.37. The lowest BCUT2D eigenvalue weighted by atomic mass is 9.94. The van der Waals surface area contributed by atoms with Gasteiger partial charge in [0.05, 0.1) is 30.5 Å². The first kappa shape index (κ1) is 25.2. The van der Waals surface area contributed by atoms with E-state index in [4.69, 9.17) is 25.8 Å². The molecule has 0 spiro atoms. The number of benzene rings is 3. The van der Waals surface area contributed by atoms with E-state index in [0.717, 1.165) is 22.4 Å². The summed E-state index contributed by atoms with van der Waals surface area (Å²) in [5.74, 6) is 0.795. The summed E-state index contributed by atoms with van der Waals surface area (Å²) in [4.78, 5) is 0. The molecule has 0 aromatic heterocycles. The molecular formula is C30H33ClO5. The third kappa shape index (κ3) is 5.46. The van der Waals surface area contributed by atoms with Crippen LogP contribution in [-0.2, 0) is 21.5 Å². The Morgan fingerprint density at radius 1 is 1.03 bits per heavy atom. The molecule has 1 fully saturated rings. The predicted molar refractivity (Wildman–Crippen MR) is 139 cm³/mol. The van der Waals surface area contributed by atoms with Gasteiger partial charge >= 0.3 is 0 Å². The summed E-state index contributed by atoms with van der Waals surface area (Å²) in [6.07, 6.45) is 0.448. The average molecular weight is 509 g/mol. The van der Waals surface area contributed by atoms with E-state index in [2.05, 4.69) is 26.0 Å². The molecule has 190 valence electrons. The highest BCUT2D eigenvalue weighted by Crippen LogP contribution is 2.43. The zero-order chi connectivity index (χ0) is 25.3. The third-order valence-corrected chi connectivity index (χ3v) is 7.50. The van der Waals surface area contributed by atoms with Gasteiger partial charge in [0.15, 0.2) is 0 Å². The number of hydrogen-bond acceptors (Lipinski definition) is 5. The Kier molecular flexibility index (Phi) is 7.38. The Labute approximate surface area is 217 Å². The Morgan fingerprint density at radius 3 is 2.58 bits per heavy atom. The first-order valence-electron chi connectivity index (χ1n) is 12.5. The van der Waals surface area contributed by atoms with Crippen LogP contribution in [-0.4, -0.2) is 35.6 Å². The summed E-state index contributed by atoms with van der Waals surface area (Å²) in [6, 6.07) is 22.2. The molecule has 0 bridgehead atoms. The van der Waals surface area contributed by atoms with Gasteiger partial charge in [0.2, 0.25) is 0 Å². The summed E-state index contributed by atoms with van der Waals surface area (Å²) < 4.78 is 18.3. The largest absolute Gasteiger partial charge is 0.491 e. The maximum atomic E-state index is 10.2. The van der Waals surface area contributed by atoms with Gasteiger partial charge in [-0.15, -0.1) is 0 Å². The van der Waals surface area contributed by atoms with E-state index >= 15 is 0 Å². The Hall–Kier alpha value is -2.41. The number of ether oxygens (including phenoxy) is 3. The summed E-state index contributed by atoms with van der Waals surface area (Å²) >= 11 is 6.52. The van der Waals surface area contributed by atoms with Crippen LogP contribution in [0.3, 0.4) is 0 Å². The zero-order valence-electron chi connectivity index (χ0n) is 20.7. The molecule has 4 atom stereocenters. The lowest BCUT2D eigenvalue weighted by molar-refractivity contribution is -0.113. The molecule has 5 rings (SSSR count). The smallest absolute Gasteiger partial charge is 0.119 e. The van der Waals surface area contributed by atoms with Crippen molar-refractivity contribution in [2.75, 3.05) is 13.2 Å². The zero-order valence-corrected chi connectivity index (χ0v) is 21.4. The van der Waals surface area contributed by atoms with E-state index in [1.807, 2.05) is 54.6 Å². The molecule has 0 radical (unpaired) electrons. The summed E-state index contributed by atoms with van der Waals surface area (Å²) in [5, 5.41) is 20.3. The van der Waals surface area contributed by atoms with Gasteiger partial charge in [-0.1, -0.05) is 60.1 Å². The second-order valence-corrected chi connectivity index (χ2v) is 10.6. The van der Waals surface area contributed by atoms with Crippen LogP contribution in [0.2, 0.25) is 5.02 Å². The van der Waals surface area contributed by atoms with Crippen LogP contribution in [0.4, 0.5) is 0 Å². The monoisotopic (exact) mass is 508 g/mol. The van der Waals surface area contributed by atoms with Gasteiger partial charge in [-0.2, -0.15) is 0 Å². The molecule has 3 aromatic carbocycles. The molecule has 2 heterocycles. The lowest BCUT2D eigenvalue weighted by Gasteiger charge is -2.32. The van der Waals surface area contributed by atoms with Crippen LogP contribution in [0, 0.1) is 0 Å². The van der Waals surface area contributed by atoms with Crippen LogP contribution in [0.5, 0.6) is 5.75 Å². The highest BCUT2D eigenvalue weighted by molar-refractivity contribution is 6.31. The fourth-order valence-electron chi connectivity index (χ4n) is 5.28. The Morgan fingerprint density at radius 2 is 1.81 bits per heavy atom. The minimum absolute atomic E-state index is 0.0941. The number of halogens is 1. The van der Waals surface area contributed by atoms with Gasteiger partial charge in [-0.3, -0.25) is 0 Å². The van der Waals surface area contributed by atoms with Crippen molar-refractivity contribution in [3.8, 4) is 5.75 Å². The van der Waals surface area contributed by atoms with Crippen LogP contribution in [0.25, 0.3) is 0 Å². The van der Waals surface area contributed by atoms with Crippen molar-refractivity contribution in [1.29, 1.82) is 0 Å². The van der Waals surface area contributed by atoms with Gasteiger partial charge in [-0.25, -0.2) is 0 Å². The quantitative estimate of drug-likeness (QED) is 0.416. The van der Waals surface area contributed by atoms with Crippen molar-refractivity contribution < 1.29 is 24.4 Å². The molecule has 0 amide bonds. The molecule has 2 aliphatic heterocycles. The summed E-state index contributed by atoms with van der Waals surface area (Å²) in [6.45, 7) is 4.54. The van der Waals surface area contributed by atoms with Gasteiger partial charge < -0.3 is 24.4 Å². The molecule has 0 saturated carbocycles. The van der Waals surface area contributed by atoms with Crippen molar-refractivity contribution in [2.24, 2.45) is 0 Å². The first-order chi connectivity index (χ1) is 17.3. The number of aliphatic hydroxyl groups excluding tert-OH is 2. The number of fused-ring (bicyclic) bond motifs is 1. The summed E-state index contributed by atoms with van der Waals surface area (Å²) in [5.41, 5.74) is 5.16. The number of rotatable bonds is 7. The number of aliphatic hydroxyl groups is 2. The second kappa shape index (κ2) is 10.5. The van der Waals surface area contributed by atoms with Crippen molar-refractivity contribution in [3.05, 3.63) is 99.6 Å². The van der Waals surface area contributed by atoms with Crippen molar-refractivity contribution in [1.82, 2.24) is 0 Å². The molecule has 2 N–H and O–H groups in total. The molecule has 3 aromatic rings. The fraction of sp³-hybridized carbons (Fsp3) is 0.400. The van der Waals surface area contributed by atoms with Crippen molar-refractivity contribution >= 4 is 11.6 Å². The van der Waals surface area contributed by atoms with Crippen LogP contribution in [0.15, 0.2) is 66.7 Å². The molecule has 0 unspecified atom stereocenters. The highest BCUT2D eigenvalue weighted by atomic mass is 35.5. The molecule has 6 heteroatoms. The minimum atomic E-state index is -0.484. The SMILES string of the molecule is CC1(C)O[C@H](COc2ccc(Cc3cc([C@H]4C[C@@H](O)C[C@@H](CO)O4)ccc3Cl)cc2)c2ccccc21. The van der Waals surface area contributed by atoms with Gasteiger partial charge in [0.1, 0.15) is 18.5 Å². The van der Waals surface area contributed by atoms with Crippen molar-refractivity contribution in [2.45, 2.75) is 63.1 Å². The molecular weight excluding hydrogens is 476 g/mol. The average Bonchev–Trinajstić information content (AvgIpc) is 3.14. The molecule has 0 aliphatic carbocycles. The Balaban J connectivity index is 1.23. The molecule has 1 saturated heterocycles. The van der Waals surface area contributed by atoms with E-state index in [0.29, 0.717) is 30.9 Å². The van der Waals surface area contributed by atoms with E-state index in [9.17, 15) is 10.2 Å². The Bertz CT molecular complexity index is 1190. The maximum absolute atomic E-state index is 10.2. The number of hydrogen-bond donors (Lipinski definition) is 2. The van der Waals surface area contributed by atoms with Gasteiger partial charge in [0, 0.05) is 17.9 Å². The molecule has 2 aliphatic rings. The third-order valence-electron chi connectivity index (χ3n) is 7.14. The summed E-state index contributed by atoms with van der Waals surface area (Å²) in [7, 11) is 0. The van der Waals surface area contributed by atoms with Crippen LogP contribution in [0.1, 0.15) is 66.7 Å². The fourth-order valence-corrected chi connectivity index (χ4v) is 5.47. The normalized spacial score (nSPS) is 24.9. The first-order valence-corrected chi connectivity index (χ1v) is 12.9. The maximum Gasteiger partial charge on any atom is 0.119 e. The van der Waals surface area contributed by atoms with E-state index in [1.54, 1.807) is 0 Å². The van der Waals surface area contributed by atoms with E-state index in [-0.39, 0.29) is 30.5 Å². The topological polar surface area (TPSA) is 68.2 Å². The van der Waals surface area contributed by atoms with Crippen LogP contribution < -0.4 is 4.74 Å². The second-order valence-electron chi connectivity index (χ2n) is 10.2. The predicted octanol–water partition coefficient (Wildman–Crippen LogP) is 5.89. The van der Waals surface area contributed by atoms with E-state index in [1.165, 1.54) is 11.1 Å². The van der Waals surface area contributed by atoms with Crippen molar-refractivity contribution in [3.63, 3.8) is 0 Å². The van der Waals surface area contributed by atoms with Gasteiger partial charge in [-0.05, 0) is 66.3 Å². The molecule has 36 heavy (non-hydrogen) atoms.